The van der Waals surface area contributed by atoms with Crippen LogP contribution in [0.2, 0.25) is 5.02 Å². The molecule has 2 aromatic rings. The third-order valence-corrected chi connectivity index (χ3v) is 3.18. The van der Waals surface area contributed by atoms with Gasteiger partial charge in [-0.15, -0.1) is 0 Å². The first-order valence-electron chi connectivity index (χ1n) is 6.27. The minimum atomic E-state index is -0.237. The average Bonchev–Trinajstić information content (AvgIpc) is 2.47. The molecule has 0 aliphatic heterocycles. The minimum absolute atomic E-state index is 0.178. The Bertz CT molecular complexity index is 548. The molecular formula is C15H16ClFN2O. The van der Waals surface area contributed by atoms with Crippen molar-refractivity contribution < 1.29 is 9.13 Å². The van der Waals surface area contributed by atoms with Crippen LogP contribution in [0.5, 0.6) is 5.75 Å². The second-order valence-electron chi connectivity index (χ2n) is 4.42. The van der Waals surface area contributed by atoms with Gasteiger partial charge in [0.2, 0.25) is 0 Å². The highest BCUT2D eigenvalue weighted by atomic mass is 35.5. The third kappa shape index (κ3) is 4.20. The SMILES string of the molecule is NNC(COc1ccc(Cl)cc1)Cc1ccccc1F. The molecule has 0 bridgehead atoms. The van der Waals surface area contributed by atoms with E-state index >= 15 is 0 Å². The molecule has 20 heavy (non-hydrogen) atoms. The summed E-state index contributed by atoms with van der Waals surface area (Å²) in [5.41, 5.74) is 3.25. The molecule has 0 heterocycles. The van der Waals surface area contributed by atoms with Crippen molar-refractivity contribution in [3.63, 3.8) is 0 Å². The molecule has 0 amide bonds. The van der Waals surface area contributed by atoms with Crippen molar-refractivity contribution in [1.82, 2.24) is 5.43 Å². The number of benzene rings is 2. The van der Waals surface area contributed by atoms with Crippen LogP contribution in [0.15, 0.2) is 48.5 Å². The number of ether oxygens (including phenoxy) is 1. The highest BCUT2D eigenvalue weighted by molar-refractivity contribution is 6.30. The summed E-state index contributed by atoms with van der Waals surface area (Å²) < 4.78 is 19.2. The maximum absolute atomic E-state index is 13.6. The van der Waals surface area contributed by atoms with Crippen molar-refractivity contribution in [2.45, 2.75) is 12.5 Å². The number of halogens is 2. The highest BCUT2D eigenvalue weighted by Gasteiger charge is 2.11. The van der Waals surface area contributed by atoms with Crippen molar-refractivity contribution in [1.29, 1.82) is 0 Å². The van der Waals surface area contributed by atoms with Gasteiger partial charge in [-0.05, 0) is 42.3 Å². The van der Waals surface area contributed by atoms with Crippen LogP contribution in [0.4, 0.5) is 4.39 Å². The predicted octanol–water partition coefficient (Wildman–Crippen LogP) is 2.93. The van der Waals surface area contributed by atoms with Crippen LogP contribution in [0, 0.1) is 5.82 Å². The number of nitrogens with one attached hydrogen (secondary N) is 1. The van der Waals surface area contributed by atoms with Crippen molar-refractivity contribution in [3.8, 4) is 5.75 Å². The summed E-state index contributed by atoms with van der Waals surface area (Å²) in [5.74, 6) is 5.95. The molecule has 0 saturated heterocycles. The number of rotatable bonds is 6. The fourth-order valence-corrected chi connectivity index (χ4v) is 1.95. The molecule has 0 aliphatic rings. The monoisotopic (exact) mass is 294 g/mol. The molecule has 0 aromatic heterocycles. The molecular weight excluding hydrogens is 279 g/mol. The summed E-state index contributed by atoms with van der Waals surface area (Å²) in [6.45, 7) is 0.340. The first-order valence-corrected chi connectivity index (χ1v) is 6.64. The first kappa shape index (κ1) is 14.8. The Balaban J connectivity index is 1.92. The summed E-state index contributed by atoms with van der Waals surface area (Å²) in [6.07, 6.45) is 0.455. The lowest BCUT2D eigenvalue weighted by Crippen LogP contribution is -2.41. The molecule has 2 rings (SSSR count). The van der Waals surface area contributed by atoms with Gasteiger partial charge in [-0.1, -0.05) is 29.8 Å². The number of nitrogens with two attached hydrogens (primary N) is 1. The van der Waals surface area contributed by atoms with E-state index in [1.165, 1.54) is 6.07 Å². The lowest BCUT2D eigenvalue weighted by Gasteiger charge is -2.17. The molecule has 3 nitrogen and oxygen atoms in total. The number of hydrogen-bond acceptors (Lipinski definition) is 3. The third-order valence-electron chi connectivity index (χ3n) is 2.92. The van der Waals surface area contributed by atoms with Gasteiger partial charge < -0.3 is 4.74 Å². The largest absolute Gasteiger partial charge is 0.492 e. The Morgan fingerprint density at radius 1 is 1.15 bits per heavy atom. The zero-order valence-corrected chi connectivity index (χ0v) is 11.6. The average molecular weight is 295 g/mol. The van der Waals surface area contributed by atoms with Gasteiger partial charge in [0.25, 0.3) is 0 Å². The standard InChI is InChI=1S/C15H16ClFN2O/c16-12-5-7-14(8-6-12)20-10-13(19-18)9-11-3-1-2-4-15(11)17/h1-8,13,19H,9-10,18H2. The Labute approximate surface area is 122 Å². The Morgan fingerprint density at radius 3 is 2.50 bits per heavy atom. The van der Waals surface area contributed by atoms with E-state index < -0.39 is 0 Å². The van der Waals surface area contributed by atoms with Gasteiger partial charge in [-0.25, -0.2) is 4.39 Å². The van der Waals surface area contributed by atoms with Crippen LogP contribution in [-0.2, 0) is 6.42 Å². The van der Waals surface area contributed by atoms with E-state index in [4.69, 9.17) is 22.2 Å². The zero-order chi connectivity index (χ0) is 14.4. The minimum Gasteiger partial charge on any atom is -0.492 e. The molecule has 0 aliphatic carbocycles. The molecule has 1 atom stereocenters. The van der Waals surface area contributed by atoms with Crippen LogP contribution in [0.3, 0.4) is 0 Å². The quantitative estimate of drug-likeness (QED) is 0.636. The summed E-state index contributed by atoms with van der Waals surface area (Å²) in [5, 5.41) is 0.650. The predicted molar refractivity (Wildman–Crippen MR) is 78.2 cm³/mol. The van der Waals surface area contributed by atoms with Crippen molar-refractivity contribution in [2.24, 2.45) is 5.84 Å². The summed E-state index contributed by atoms with van der Waals surface area (Å²) >= 11 is 5.80. The van der Waals surface area contributed by atoms with Crippen molar-refractivity contribution in [3.05, 3.63) is 64.9 Å². The lowest BCUT2D eigenvalue weighted by atomic mass is 10.1. The molecule has 0 saturated carbocycles. The van der Waals surface area contributed by atoms with E-state index in [9.17, 15) is 4.39 Å². The summed E-state index contributed by atoms with van der Waals surface area (Å²) in [4.78, 5) is 0. The molecule has 106 valence electrons. The van der Waals surface area contributed by atoms with Crippen LogP contribution >= 0.6 is 11.6 Å². The van der Waals surface area contributed by atoms with Gasteiger partial charge in [-0.2, -0.15) is 0 Å². The first-order chi connectivity index (χ1) is 9.69. The molecule has 5 heteroatoms. The fraction of sp³-hybridized carbons (Fsp3) is 0.200. The van der Waals surface area contributed by atoms with Gasteiger partial charge in [0.1, 0.15) is 18.2 Å². The van der Waals surface area contributed by atoms with Crippen molar-refractivity contribution >= 4 is 11.6 Å². The van der Waals surface area contributed by atoms with E-state index in [2.05, 4.69) is 5.43 Å². The van der Waals surface area contributed by atoms with Gasteiger partial charge >= 0.3 is 0 Å². The molecule has 1 unspecified atom stereocenters. The number of hydrazine groups is 1. The van der Waals surface area contributed by atoms with Crippen LogP contribution in [0.25, 0.3) is 0 Å². The van der Waals surface area contributed by atoms with Gasteiger partial charge in [0, 0.05) is 5.02 Å². The topological polar surface area (TPSA) is 47.3 Å². The van der Waals surface area contributed by atoms with E-state index in [-0.39, 0.29) is 11.9 Å². The normalized spacial score (nSPS) is 12.2. The van der Waals surface area contributed by atoms with Gasteiger partial charge in [0.05, 0.1) is 6.04 Å². The Kier molecular flexibility index (Phi) is 5.35. The van der Waals surface area contributed by atoms with Crippen LogP contribution in [0.1, 0.15) is 5.56 Å². The molecule has 0 radical (unpaired) electrons. The van der Waals surface area contributed by atoms with Gasteiger partial charge in [-0.3, -0.25) is 11.3 Å². The maximum Gasteiger partial charge on any atom is 0.126 e. The Morgan fingerprint density at radius 2 is 1.85 bits per heavy atom. The van der Waals surface area contributed by atoms with Crippen LogP contribution < -0.4 is 16.0 Å². The molecule has 2 aromatic carbocycles. The van der Waals surface area contributed by atoms with E-state index in [1.54, 1.807) is 42.5 Å². The molecule has 3 N–H and O–H groups in total. The van der Waals surface area contributed by atoms with Crippen molar-refractivity contribution in [2.75, 3.05) is 6.61 Å². The van der Waals surface area contributed by atoms with Gasteiger partial charge in [0.15, 0.2) is 0 Å². The molecule has 0 spiro atoms. The van der Waals surface area contributed by atoms with E-state index in [1.807, 2.05) is 0 Å². The molecule has 0 fully saturated rings. The van der Waals surface area contributed by atoms with E-state index in [0.717, 1.165) is 0 Å². The fourth-order valence-electron chi connectivity index (χ4n) is 1.82. The van der Waals surface area contributed by atoms with Crippen LogP contribution in [-0.4, -0.2) is 12.6 Å². The zero-order valence-electron chi connectivity index (χ0n) is 10.9. The second-order valence-corrected chi connectivity index (χ2v) is 4.86. The number of hydrogen-bond donors (Lipinski definition) is 2. The lowest BCUT2D eigenvalue weighted by molar-refractivity contribution is 0.263. The maximum atomic E-state index is 13.6. The summed E-state index contributed by atoms with van der Waals surface area (Å²) in [6, 6.07) is 13.5. The smallest absolute Gasteiger partial charge is 0.126 e. The summed E-state index contributed by atoms with van der Waals surface area (Å²) in [7, 11) is 0. The van der Waals surface area contributed by atoms with E-state index in [0.29, 0.717) is 29.4 Å². The second kappa shape index (κ2) is 7.24. The Hall–Kier alpha value is -1.62. The highest BCUT2D eigenvalue weighted by Crippen LogP contribution is 2.16.